The highest BCUT2D eigenvalue weighted by Crippen LogP contribution is 2.22. The van der Waals surface area contributed by atoms with Crippen molar-refractivity contribution in [2.45, 2.75) is 137 Å². The minimum absolute atomic E-state index is 0.218. The molecule has 0 radical (unpaired) electrons. The van der Waals surface area contributed by atoms with Crippen molar-refractivity contribution in [1.82, 2.24) is 0 Å². The van der Waals surface area contributed by atoms with Gasteiger partial charge in [0.25, 0.3) is 0 Å². The molecule has 0 amide bonds. The second kappa shape index (κ2) is 23.8. The zero-order chi connectivity index (χ0) is 30.2. The van der Waals surface area contributed by atoms with Crippen LogP contribution in [0.1, 0.15) is 137 Å². The van der Waals surface area contributed by atoms with E-state index in [4.69, 9.17) is 0 Å². The number of rotatable bonds is 28. The van der Waals surface area contributed by atoms with Crippen LogP contribution in [-0.4, -0.2) is 63.9 Å². The zero-order valence-corrected chi connectivity index (χ0v) is 26.2. The topological polar surface area (TPSA) is 112 Å². The molecule has 0 aromatic carbocycles. The number of allylic oxidation sites excluding steroid dienone is 2. The van der Waals surface area contributed by atoms with E-state index in [0.717, 1.165) is 38.5 Å². The van der Waals surface area contributed by atoms with Gasteiger partial charge >= 0.3 is 17.9 Å². The van der Waals surface area contributed by atoms with Crippen LogP contribution < -0.4 is 0 Å². The monoisotopic (exact) mass is 568 g/mol. The number of hydrogen-bond donors (Lipinski definition) is 3. The van der Waals surface area contributed by atoms with Gasteiger partial charge in [-0.25, -0.2) is 0 Å². The van der Waals surface area contributed by atoms with Crippen molar-refractivity contribution >= 4 is 17.9 Å². The van der Waals surface area contributed by atoms with Gasteiger partial charge in [-0.1, -0.05) is 89.7 Å². The summed E-state index contributed by atoms with van der Waals surface area (Å²) in [5, 5.41) is 28.6. The molecule has 234 valence electrons. The van der Waals surface area contributed by atoms with Crippen molar-refractivity contribution < 1.29 is 34.2 Å². The van der Waals surface area contributed by atoms with Gasteiger partial charge in [0.1, 0.15) is 17.8 Å². The van der Waals surface area contributed by atoms with Crippen LogP contribution in [0, 0.1) is 17.8 Å². The SMILES string of the molecule is CCCCCCCCCCCC/C=C/CCCCCCC[N+](CC(C)C(=O)O)(CC(C)C(=O)O)CC(C)C(=O)O. The Morgan fingerprint density at radius 3 is 1.15 bits per heavy atom. The lowest BCUT2D eigenvalue weighted by molar-refractivity contribution is -0.934. The molecule has 0 aliphatic heterocycles. The summed E-state index contributed by atoms with van der Waals surface area (Å²) in [6.07, 6.45) is 25.7. The first-order chi connectivity index (χ1) is 19.0. The maximum absolute atomic E-state index is 11.6. The highest BCUT2D eigenvalue weighted by atomic mass is 16.4. The molecule has 7 heteroatoms. The molecule has 0 aromatic rings. The van der Waals surface area contributed by atoms with Crippen molar-refractivity contribution in [2.75, 3.05) is 26.2 Å². The Morgan fingerprint density at radius 1 is 0.525 bits per heavy atom. The molecule has 0 rings (SSSR count). The van der Waals surface area contributed by atoms with Crippen LogP contribution in [-0.2, 0) is 14.4 Å². The minimum Gasteiger partial charge on any atom is -0.481 e. The summed E-state index contributed by atoms with van der Waals surface area (Å²) < 4.78 is 0.218. The van der Waals surface area contributed by atoms with E-state index in [1.165, 1.54) is 70.6 Å². The molecule has 0 aliphatic rings. The number of unbranched alkanes of at least 4 members (excludes halogenated alkanes) is 15. The lowest BCUT2D eigenvalue weighted by Crippen LogP contribution is -2.57. The summed E-state index contributed by atoms with van der Waals surface area (Å²) in [7, 11) is 0. The van der Waals surface area contributed by atoms with Gasteiger partial charge in [-0.2, -0.15) is 0 Å². The Kier molecular flexibility index (Phi) is 22.7. The summed E-state index contributed by atoms with van der Waals surface area (Å²) in [4.78, 5) is 34.9. The second-order valence-corrected chi connectivity index (χ2v) is 12.3. The average Bonchev–Trinajstić information content (AvgIpc) is 2.89. The van der Waals surface area contributed by atoms with Crippen LogP contribution in [0.3, 0.4) is 0 Å². The Labute approximate surface area is 245 Å². The highest BCUT2D eigenvalue weighted by Gasteiger charge is 2.38. The fraction of sp³-hybridized carbons (Fsp3) is 0.848. The van der Waals surface area contributed by atoms with Crippen molar-refractivity contribution in [3.05, 3.63) is 12.2 Å². The largest absolute Gasteiger partial charge is 0.481 e. The van der Waals surface area contributed by atoms with E-state index in [1.54, 1.807) is 20.8 Å². The third kappa shape index (κ3) is 20.1. The number of carboxylic acid groups (broad SMARTS) is 3. The van der Waals surface area contributed by atoms with E-state index >= 15 is 0 Å². The number of nitrogens with zero attached hydrogens (tertiary/aromatic N) is 1. The molecule has 0 saturated heterocycles. The van der Waals surface area contributed by atoms with Gasteiger partial charge in [0.2, 0.25) is 0 Å². The molecule has 3 atom stereocenters. The first-order valence-electron chi connectivity index (χ1n) is 16.2. The molecule has 0 aromatic heterocycles. The molecule has 3 N–H and O–H groups in total. The molecule has 0 spiro atoms. The zero-order valence-electron chi connectivity index (χ0n) is 26.2. The molecule has 40 heavy (non-hydrogen) atoms. The predicted octanol–water partition coefficient (Wildman–Crippen LogP) is 8.17. The second-order valence-electron chi connectivity index (χ2n) is 12.3. The van der Waals surface area contributed by atoms with E-state index in [0.29, 0.717) is 6.54 Å². The molecule has 0 saturated carbocycles. The standard InChI is InChI=1S/C33H61NO6/c1-5-6-7-8-9-10-11-12-13-14-15-16-17-18-19-20-21-22-23-24-34(25-28(2)31(35)36,26-29(3)32(37)38)27-30(4)33(39)40/h16-17,28-30H,5-15,18-27H2,1-4H3,(H2-,35,36,37,38,39,40)/p+1/b17-16+. The summed E-state index contributed by atoms with van der Waals surface area (Å²) >= 11 is 0. The van der Waals surface area contributed by atoms with Crippen LogP contribution in [0.2, 0.25) is 0 Å². The maximum atomic E-state index is 11.6. The van der Waals surface area contributed by atoms with Crippen molar-refractivity contribution in [3.63, 3.8) is 0 Å². The quantitative estimate of drug-likeness (QED) is 0.0498. The van der Waals surface area contributed by atoms with Crippen molar-refractivity contribution in [3.8, 4) is 0 Å². The van der Waals surface area contributed by atoms with Crippen LogP contribution in [0.15, 0.2) is 12.2 Å². The molecule has 0 fully saturated rings. The minimum atomic E-state index is -0.935. The van der Waals surface area contributed by atoms with Gasteiger partial charge in [-0.15, -0.1) is 0 Å². The van der Waals surface area contributed by atoms with Gasteiger partial charge in [0.15, 0.2) is 0 Å². The Bertz CT molecular complexity index is 652. The third-order valence-corrected chi connectivity index (χ3v) is 8.14. The Balaban J connectivity index is 4.35. The summed E-state index contributed by atoms with van der Waals surface area (Å²) in [6, 6.07) is 0. The Morgan fingerprint density at radius 2 is 0.825 bits per heavy atom. The highest BCUT2D eigenvalue weighted by molar-refractivity contribution is 5.70. The summed E-state index contributed by atoms with van der Waals surface area (Å²) in [5.74, 6) is -4.82. The van der Waals surface area contributed by atoms with Gasteiger partial charge in [-0.05, 0) is 59.3 Å². The average molecular weight is 569 g/mol. The normalized spacial score (nSPS) is 15.5. The first-order valence-corrected chi connectivity index (χ1v) is 16.2. The fourth-order valence-corrected chi connectivity index (χ4v) is 5.70. The third-order valence-electron chi connectivity index (χ3n) is 8.14. The van der Waals surface area contributed by atoms with Gasteiger partial charge < -0.3 is 19.8 Å². The van der Waals surface area contributed by atoms with Crippen molar-refractivity contribution in [1.29, 1.82) is 0 Å². The van der Waals surface area contributed by atoms with Gasteiger partial charge in [0.05, 0.1) is 26.2 Å². The molecular weight excluding hydrogens is 506 g/mol. The number of carbonyl (C=O) groups is 3. The van der Waals surface area contributed by atoms with Gasteiger partial charge in [0, 0.05) is 0 Å². The predicted molar refractivity (Wildman–Crippen MR) is 163 cm³/mol. The number of aliphatic carboxylic acids is 3. The van der Waals surface area contributed by atoms with Gasteiger partial charge in [-0.3, -0.25) is 14.4 Å². The van der Waals surface area contributed by atoms with Crippen LogP contribution in [0.25, 0.3) is 0 Å². The first kappa shape index (κ1) is 38.1. The summed E-state index contributed by atoms with van der Waals surface area (Å²) in [6.45, 7) is 8.46. The van der Waals surface area contributed by atoms with Crippen LogP contribution >= 0.6 is 0 Å². The number of carboxylic acids is 3. The number of hydrogen-bond acceptors (Lipinski definition) is 3. The van der Waals surface area contributed by atoms with Crippen molar-refractivity contribution in [2.24, 2.45) is 17.8 Å². The fourth-order valence-electron chi connectivity index (χ4n) is 5.70. The molecular formula is C33H62NO6+. The molecule has 0 heterocycles. The summed E-state index contributed by atoms with van der Waals surface area (Å²) in [5.41, 5.74) is 0. The number of quaternary nitrogens is 1. The van der Waals surface area contributed by atoms with E-state index in [1.807, 2.05) is 0 Å². The lowest BCUT2D eigenvalue weighted by Gasteiger charge is -2.42. The molecule has 3 unspecified atom stereocenters. The lowest BCUT2D eigenvalue weighted by atomic mass is 10.0. The van der Waals surface area contributed by atoms with E-state index < -0.39 is 35.7 Å². The molecule has 0 aliphatic carbocycles. The van der Waals surface area contributed by atoms with E-state index in [2.05, 4.69) is 19.1 Å². The van der Waals surface area contributed by atoms with E-state index in [9.17, 15) is 29.7 Å². The van der Waals surface area contributed by atoms with Crippen LogP contribution in [0.5, 0.6) is 0 Å². The molecule has 7 nitrogen and oxygen atoms in total. The maximum Gasteiger partial charge on any atom is 0.311 e. The smallest absolute Gasteiger partial charge is 0.311 e. The Hall–Kier alpha value is -1.89. The van der Waals surface area contributed by atoms with E-state index in [-0.39, 0.29) is 24.1 Å². The molecule has 0 bridgehead atoms. The van der Waals surface area contributed by atoms with Crippen LogP contribution in [0.4, 0.5) is 0 Å².